The van der Waals surface area contributed by atoms with Gasteiger partial charge in [-0.3, -0.25) is 0 Å². The third-order valence-corrected chi connectivity index (χ3v) is 4.78. The van der Waals surface area contributed by atoms with Crippen molar-refractivity contribution in [2.24, 2.45) is 0 Å². The number of anilines is 1. The van der Waals surface area contributed by atoms with Gasteiger partial charge in [0.25, 0.3) is 0 Å². The fourth-order valence-corrected chi connectivity index (χ4v) is 3.31. The summed E-state index contributed by atoms with van der Waals surface area (Å²) in [7, 11) is 0. The molecule has 2 aromatic carbocycles. The van der Waals surface area contributed by atoms with E-state index in [0.717, 1.165) is 34.9 Å². The van der Waals surface area contributed by atoms with Gasteiger partial charge < -0.3 is 10.4 Å². The molecule has 0 atom stereocenters. The molecule has 116 valence electrons. The smallest absolute Gasteiger partial charge is 0.335 e. The van der Waals surface area contributed by atoms with Crippen molar-refractivity contribution in [3.05, 3.63) is 48.0 Å². The summed E-state index contributed by atoms with van der Waals surface area (Å²) in [5.41, 5.74) is 1.08. The second-order valence-corrected chi connectivity index (χ2v) is 6.44. The minimum Gasteiger partial charge on any atom is -0.478 e. The van der Waals surface area contributed by atoms with Crippen LogP contribution in [0.2, 0.25) is 0 Å². The Hall–Kier alpha value is -1.59. The van der Waals surface area contributed by atoms with Crippen LogP contribution in [0.25, 0.3) is 0 Å². The summed E-state index contributed by atoms with van der Waals surface area (Å²) in [6.45, 7) is 2.94. The van der Waals surface area contributed by atoms with Crippen molar-refractivity contribution in [3.8, 4) is 0 Å². The van der Waals surface area contributed by atoms with Crippen LogP contribution in [0, 0.1) is 0 Å². The SMILES string of the molecule is CCCCNc1cc(C(=O)O)cc(S)c1Sc1ccccc1. The molecule has 0 bridgehead atoms. The van der Waals surface area contributed by atoms with Gasteiger partial charge in [-0.15, -0.1) is 12.6 Å². The van der Waals surface area contributed by atoms with E-state index >= 15 is 0 Å². The molecule has 3 nitrogen and oxygen atoms in total. The maximum Gasteiger partial charge on any atom is 0.335 e. The summed E-state index contributed by atoms with van der Waals surface area (Å²) in [6, 6.07) is 13.3. The molecule has 22 heavy (non-hydrogen) atoms. The number of thiol groups is 1. The highest BCUT2D eigenvalue weighted by Gasteiger charge is 2.13. The van der Waals surface area contributed by atoms with Gasteiger partial charge in [0, 0.05) is 21.2 Å². The van der Waals surface area contributed by atoms with Crippen molar-refractivity contribution in [3.63, 3.8) is 0 Å². The molecule has 0 spiro atoms. The lowest BCUT2D eigenvalue weighted by Crippen LogP contribution is -2.05. The van der Waals surface area contributed by atoms with Crippen LogP contribution < -0.4 is 5.32 Å². The summed E-state index contributed by atoms with van der Waals surface area (Å²) in [5.74, 6) is -0.940. The minimum atomic E-state index is -0.940. The van der Waals surface area contributed by atoms with Gasteiger partial charge in [0.05, 0.1) is 11.3 Å². The summed E-state index contributed by atoms with van der Waals surface area (Å²) in [4.78, 5) is 14.0. The zero-order chi connectivity index (χ0) is 15.9. The number of benzene rings is 2. The lowest BCUT2D eigenvalue weighted by Gasteiger charge is -2.15. The molecule has 0 fully saturated rings. The predicted molar refractivity (Wildman–Crippen MR) is 94.6 cm³/mol. The Labute approximate surface area is 140 Å². The topological polar surface area (TPSA) is 49.3 Å². The summed E-state index contributed by atoms with van der Waals surface area (Å²) in [6.07, 6.45) is 2.12. The fraction of sp³-hybridized carbons (Fsp3) is 0.235. The van der Waals surface area contributed by atoms with Gasteiger partial charge in [0.1, 0.15) is 0 Å². The van der Waals surface area contributed by atoms with E-state index in [1.54, 1.807) is 23.9 Å². The number of nitrogens with one attached hydrogen (secondary N) is 1. The molecule has 0 saturated heterocycles. The van der Waals surface area contributed by atoms with Crippen LogP contribution in [-0.2, 0) is 0 Å². The molecule has 0 aromatic heterocycles. The molecule has 0 radical (unpaired) electrons. The van der Waals surface area contributed by atoms with Gasteiger partial charge in [0.2, 0.25) is 0 Å². The zero-order valence-electron chi connectivity index (χ0n) is 12.4. The van der Waals surface area contributed by atoms with Crippen molar-refractivity contribution in [1.82, 2.24) is 0 Å². The molecular formula is C17H19NO2S2. The van der Waals surface area contributed by atoms with Crippen LogP contribution in [0.1, 0.15) is 30.1 Å². The number of hydrogen-bond acceptors (Lipinski definition) is 4. The van der Waals surface area contributed by atoms with Gasteiger partial charge in [-0.1, -0.05) is 43.3 Å². The van der Waals surface area contributed by atoms with E-state index < -0.39 is 5.97 Å². The molecule has 0 aliphatic carbocycles. The summed E-state index contributed by atoms with van der Waals surface area (Å²) < 4.78 is 0. The Kier molecular flexibility index (Phi) is 6.21. The van der Waals surface area contributed by atoms with Crippen LogP contribution >= 0.6 is 24.4 Å². The van der Waals surface area contributed by atoms with Crippen molar-refractivity contribution >= 4 is 36.0 Å². The number of unbranched alkanes of at least 4 members (excludes halogenated alkanes) is 1. The monoisotopic (exact) mass is 333 g/mol. The highest BCUT2D eigenvalue weighted by atomic mass is 32.2. The maximum absolute atomic E-state index is 11.2. The summed E-state index contributed by atoms with van der Waals surface area (Å²) in [5, 5.41) is 12.6. The second-order valence-electron chi connectivity index (χ2n) is 4.87. The summed E-state index contributed by atoms with van der Waals surface area (Å²) >= 11 is 6.07. The van der Waals surface area contributed by atoms with Crippen LogP contribution in [0.3, 0.4) is 0 Å². The molecule has 0 amide bonds. The number of hydrogen-bond donors (Lipinski definition) is 3. The molecular weight excluding hydrogens is 314 g/mol. The molecule has 0 heterocycles. The van der Waals surface area contributed by atoms with Crippen molar-refractivity contribution in [2.45, 2.75) is 34.5 Å². The first-order chi connectivity index (χ1) is 10.6. The van der Waals surface area contributed by atoms with Crippen molar-refractivity contribution < 1.29 is 9.90 Å². The van der Waals surface area contributed by atoms with E-state index in [1.807, 2.05) is 30.3 Å². The fourth-order valence-electron chi connectivity index (χ4n) is 1.98. The average molecular weight is 333 g/mol. The zero-order valence-corrected chi connectivity index (χ0v) is 14.1. The van der Waals surface area contributed by atoms with Crippen LogP contribution in [0.4, 0.5) is 5.69 Å². The standard InChI is InChI=1S/C17H19NO2S2/c1-2-3-9-18-14-10-12(17(19)20)11-15(21)16(14)22-13-7-5-4-6-8-13/h4-8,10-11,18,21H,2-3,9H2,1H3,(H,19,20). The first-order valence-electron chi connectivity index (χ1n) is 7.19. The Morgan fingerprint density at radius 2 is 2.00 bits per heavy atom. The van der Waals surface area contributed by atoms with Gasteiger partial charge in [-0.2, -0.15) is 0 Å². The highest BCUT2D eigenvalue weighted by Crippen LogP contribution is 2.39. The average Bonchev–Trinajstić information content (AvgIpc) is 2.51. The Bertz CT molecular complexity index is 645. The van der Waals surface area contributed by atoms with E-state index in [0.29, 0.717) is 4.90 Å². The van der Waals surface area contributed by atoms with Crippen LogP contribution in [0.15, 0.2) is 57.2 Å². The van der Waals surface area contributed by atoms with Crippen molar-refractivity contribution in [1.29, 1.82) is 0 Å². The van der Waals surface area contributed by atoms with E-state index in [1.165, 1.54) is 0 Å². The van der Waals surface area contributed by atoms with Gasteiger partial charge in [-0.25, -0.2) is 4.79 Å². The molecule has 2 N–H and O–H groups in total. The molecule has 2 aromatic rings. The third-order valence-electron chi connectivity index (χ3n) is 3.13. The largest absolute Gasteiger partial charge is 0.478 e. The Morgan fingerprint density at radius 3 is 2.64 bits per heavy atom. The molecule has 0 aliphatic heterocycles. The second kappa shape index (κ2) is 8.15. The van der Waals surface area contributed by atoms with E-state index in [9.17, 15) is 9.90 Å². The molecule has 5 heteroatoms. The maximum atomic E-state index is 11.2. The lowest BCUT2D eigenvalue weighted by atomic mass is 10.2. The third kappa shape index (κ3) is 4.45. The predicted octanol–water partition coefficient (Wildman–Crippen LogP) is 5.04. The normalized spacial score (nSPS) is 10.5. The van der Waals surface area contributed by atoms with E-state index in [4.69, 9.17) is 0 Å². The first-order valence-corrected chi connectivity index (χ1v) is 8.45. The first kappa shape index (κ1) is 16.8. The lowest BCUT2D eigenvalue weighted by molar-refractivity contribution is 0.0696. The van der Waals surface area contributed by atoms with Gasteiger partial charge >= 0.3 is 5.97 Å². The van der Waals surface area contributed by atoms with Crippen LogP contribution in [0.5, 0.6) is 0 Å². The van der Waals surface area contributed by atoms with Gasteiger partial charge in [0.15, 0.2) is 0 Å². The highest BCUT2D eigenvalue weighted by molar-refractivity contribution is 8.00. The number of carboxylic acid groups (broad SMARTS) is 1. The Morgan fingerprint density at radius 1 is 1.27 bits per heavy atom. The van der Waals surface area contributed by atoms with E-state index in [-0.39, 0.29) is 5.56 Å². The van der Waals surface area contributed by atoms with Crippen LogP contribution in [-0.4, -0.2) is 17.6 Å². The number of aromatic carboxylic acids is 1. The molecule has 2 rings (SSSR count). The van der Waals surface area contributed by atoms with E-state index in [2.05, 4.69) is 24.9 Å². The molecule has 0 unspecified atom stereocenters. The number of carbonyl (C=O) groups is 1. The number of rotatable bonds is 7. The molecule has 0 aliphatic rings. The Balaban J connectivity index is 2.34. The van der Waals surface area contributed by atoms with Gasteiger partial charge in [-0.05, 0) is 30.7 Å². The minimum absolute atomic E-state index is 0.251. The number of carboxylic acids is 1. The molecule has 0 saturated carbocycles. The quantitative estimate of drug-likeness (QED) is 0.491. The van der Waals surface area contributed by atoms with Crippen molar-refractivity contribution in [2.75, 3.05) is 11.9 Å².